The van der Waals surface area contributed by atoms with Crippen molar-refractivity contribution >= 4 is 5.96 Å². The molecule has 0 aliphatic heterocycles. The quantitative estimate of drug-likeness (QED) is 0.292. The van der Waals surface area contributed by atoms with Crippen LogP contribution in [-0.2, 0) is 11.3 Å². The third-order valence-corrected chi connectivity index (χ3v) is 3.02. The van der Waals surface area contributed by atoms with Crippen LogP contribution in [0.4, 0.5) is 13.2 Å². The van der Waals surface area contributed by atoms with E-state index in [1.165, 1.54) is 0 Å². The molecule has 0 aliphatic carbocycles. The van der Waals surface area contributed by atoms with Crippen molar-refractivity contribution < 1.29 is 22.6 Å². The molecule has 0 saturated carbocycles. The Balaban J connectivity index is 2.32. The van der Waals surface area contributed by atoms with Gasteiger partial charge in [0.05, 0.1) is 0 Å². The molecule has 1 aromatic rings. The SMILES string of the molecule is C=CCOc1ccccc1CNC(=NC)NCCCOCC(F)(F)F. The van der Waals surface area contributed by atoms with E-state index in [-0.39, 0.29) is 6.61 Å². The van der Waals surface area contributed by atoms with Crippen LogP contribution in [0.5, 0.6) is 5.75 Å². The average Bonchev–Trinajstić information content (AvgIpc) is 2.58. The number of para-hydroxylation sites is 1. The van der Waals surface area contributed by atoms with E-state index in [2.05, 4.69) is 26.9 Å². The number of aliphatic imine (C=N–C) groups is 1. The summed E-state index contributed by atoms with van der Waals surface area (Å²) in [6.45, 7) is 3.79. The predicted molar refractivity (Wildman–Crippen MR) is 91.8 cm³/mol. The zero-order valence-electron chi connectivity index (χ0n) is 14.2. The van der Waals surface area contributed by atoms with Crippen LogP contribution in [0.1, 0.15) is 12.0 Å². The van der Waals surface area contributed by atoms with E-state index in [0.717, 1.165) is 11.3 Å². The van der Waals surface area contributed by atoms with Gasteiger partial charge in [0.2, 0.25) is 0 Å². The molecule has 2 N–H and O–H groups in total. The Morgan fingerprint density at radius 1 is 1.28 bits per heavy atom. The molecular formula is C17H24F3N3O2. The lowest BCUT2D eigenvalue weighted by atomic mass is 10.2. The third kappa shape index (κ3) is 9.61. The van der Waals surface area contributed by atoms with Gasteiger partial charge in [-0.1, -0.05) is 30.9 Å². The molecule has 0 atom stereocenters. The summed E-state index contributed by atoms with van der Waals surface area (Å²) < 4.78 is 45.9. The minimum Gasteiger partial charge on any atom is -0.489 e. The van der Waals surface area contributed by atoms with Gasteiger partial charge < -0.3 is 20.1 Å². The Bertz CT molecular complexity index is 548. The molecule has 25 heavy (non-hydrogen) atoms. The summed E-state index contributed by atoms with van der Waals surface area (Å²) in [6.07, 6.45) is -2.17. The smallest absolute Gasteiger partial charge is 0.411 e. The van der Waals surface area contributed by atoms with Gasteiger partial charge in [-0.15, -0.1) is 0 Å². The summed E-state index contributed by atoms with van der Waals surface area (Å²) in [5.74, 6) is 1.31. The highest BCUT2D eigenvalue weighted by molar-refractivity contribution is 5.79. The standard InChI is InChI=1S/C17H24F3N3O2/c1-3-10-25-15-8-5-4-7-14(15)12-23-16(21-2)22-9-6-11-24-13-17(18,19)20/h3-5,7-8H,1,6,9-13H2,2H3,(H2,21,22,23). The zero-order valence-corrected chi connectivity index (χ0v) is 14.2. The normalized spacial score (nSPS) is 11.9. The van der Waals surface area contributed by atoms with Crippen molar-refractivity contribution in [2.75, 3.05) is 33.4 Å². The van der Waals surface area contributed by atoms with Gasteiger partial charge in [-0.3, -0.25) is 4.99 Å². The number of nitrogens with zero attached hydrogens (tertiary/aromatic N) is 1. The fraction of sp³-hybridized carbons (Fsp3) is 0.471. The van der Waals surface area contributed by atoms with Gasteiger partial charge in [0.1, 0.15) is 19.0 Å². The lowest BCUT2D eigenvalue weighted by molar-refractivity contribution is -0.173. The lowest BCUT2D eigenvalue weighted by Gasteiger charge is -2.14. The number of hydrogen-bond acceptors (Lipinski definition) is 3. The molecule has 8 heteroatoms. The van der Waals surface area contributed by atoms with Crippen molar-refractivity contribution in [1.82, 2.24) is 10.6 Å². The van der Waals surface area contributed by atoms with Crippen molar-refractivity contribution in [3.63, 3.8) is 0 Å². The van der Waals surface area contributed by atoms with Gasteiger partial charge in [0, 0.05) is 32.3 Å². The van der Waals surface area contributed by atoms with Crippen molar-refractivity contribution in [3.05, 3.63) is 42.5 Å². The topological polar surface area (TPSA) is 54.9 Å². The fourth-order valence-electron chi connectivity index (χ4n) is 1.91. The highest BCUT2D eigenvalue weighted by Gasteiger charge is 2.27. The molecule has 0 aromatic heterocycles. The minimum atomic E-state index is -4.29. The van der Waals surface area contributed by atoms with Gasteiger partial charge in [-0.25, -0.2) is 0 Å². The van der Waals surface area contributed by atoms with Crippen LogP contribution in [0, 0.1) is 0 Å². The number of hydrogen-bond donors (Lipinski definition) is 2. The summed E-state index contributed by atoms with van der Waals surface area (Å²) in [5.41, 5.74) is 0.959. The van der Waals surface area contributed by atoms with E-state index >= 15 is 0 Å². The van der Waals surface area contributed by atoms with E-state index in [9.17, 15) is 13.2 Å². The molecule has 0 unspecified atom stereocenters. The molecule has 0 saturated heterocycles. The maximum atomic E-state index is 11.9. The Hall–Kier alpha value is -2.22. The molecule has 0 spiro atoms. The van der Waals surface area contributed by atoms with Crippen molar-refractivity contribution in [2.45, 2.75) is 19.1 Å². The maximum Gasteiger partial charge on any atom is 0.411 e. The lowest BCUT2D eigenvalue weighted by Crippen LogP contribution is -2.37. The Morgan fingerprint density at radius 2 is 2.04 bits per heavy atom. The third-order valence-electron chi connectivity index (χ3n) is 3.02. The Labute approximate surface area is 145 Å². The highest BCUT2D eigenvalue weighted by atomic mass is 19.4. The number of rotatable bonds is 10. The first-order chi connectivity index (χ1) is 12.0. The van der Waals surface area contributed by atoms with Gasteiger partial charge in [-0.2, -0.15) is 13.2 Å². The maximum absolute atomic E-state index is 11.9. The number of halogens is 3. The number of nitrogens with one attached hydrogen (secondary N) is 2. The van der Waals surface area contributed by atoms with Gasteiger partial charge in [0.25, 0.3) is 0 Å². The number of ether oxygens (including phenoxy) is 2. The van der Waals surface area contributed by atoms with Crippen LogP contribution >= 0.6 is 0 Å². The molecule has 1 rings (SSSR count). The molecule has 0 fully saturated rings. The fourth-order valence-corrected chi connectivity index (χ4v) is 1.91. The van der Waals surface area contributed by atoms with Crippen molar-refractivity contribution in [2.24, 2.45) is 4.99 Å². The van der Waals surface area contributed by atoms with E-state index in [1.807, 2.05) is 24.3 Å². The van der Waals surface area contributed by atoms with Gasteiger partial charge in [0.15, 0.2) is 5.96 Å². The molecule has 0 radical (unpaired) electrons. The van der Waals surface area contributed by atoms with Crippen LogP contribution in [0.25, 0.3) is 0 Å². The molecule has 5 nitrogen and oxygen atoms in total. The molecular weight excluding hydrogens is 335 g/mol. The van der Waals surface area contributed by atoms with Crippen LogP contribution in [0.2, 0.25) is 0 Å². The summed E-state index contributed by atoms with van der Waals surface area (Å²) in [5, 5.41) is 6.15. The predicted octanol–water partition coefficient (Wildman–Crippen LogP) is 2.89. The first-order valence-electron chi connectivity index (χ1n) is 7.87. The molecule has 0 aliphatic rings. The largest absolute Gasteiger partial charge is 0.489 e. The van der Waals surface area contributed by atoms with Crippen LogP contribution in [-0.4, -0.2) is 45.5 Å². The number of guanidine groups is 1. The molecule has 0 heterocycles. The summed E-state index contributed by atoms with van der Waals surface area (Å²) in [4.78, 5) is 4.07. The zero-order chi connectivity index (χ0) is 18.5. The van der Waals surface area contributed by atoms with E-state index < -0.39 is 12.8 Å². The van der Waals surface area contributed by atoms with Gasteiger partial charge >= 0.3 is 6.18 Å². The van der Waals surface area contributed by atoms with Gasteiger partial charge in [-0.05, 0) is 12.5 Å². The van der Waals surface area contributed by atoms with E-state index in [4.69, 9.17) is 4.74 Å². The average molecular weight is 359 g/mol. The first-order valence-corrected chi connectivity index (χ1v) is 7.87. The Morgan fingerprint density at radius 3 is 2.72 bits per heavy atom. The van der Waals surface area contributed by atoms with E-state index in [1.54, 1.807) is 13.1 Å². The highest BCUT2D eigenvalue weighted by Crippen LogP contribution is 2.17. The van der Waals surface area contributed by atoms with Crippen LogP contribution in [0.15, 0.2) is 41.9 Å². The number of benzene rings is 1. The molecule has 0 amide bonds. The monoisotopic (exact) mass is 359 g/mol. The second kappa shape index (κ2) is 11.4. The summed E-state index contributed by atoms with van der Waals surface area (Å²) in [7, 11) is 1.62. The minimum absolute atomic E-state index is 0.0295. The molecule has 1 aromatic carbocycles. The number of alkyl halides is 3. The first kappa shape index (κ1) is 20.8. The summed E-state index contributed by atoms with van der Waals surface area (Å²) >= 11 is 0. The van der Waals surface area contributed by atoms with Crippen molar-refractivity contribution in [3.8, 4) is 5.75 Å². The second-order valence-electron chi connectivity index (χ2n) is 5.08. The van der Waals surface area contributed by atoms with E-state index in [0.29, 0.717) is 32.1 Å². The van der Waals surface area contributed by atoms with Crippen molar-refractivity contribution in [1.29, 1.82) is 0 Å². The Kier molecular flexibility index (Phi) is 9.46. The molecule has 140 valence electrons. The summed E-state index contributed by atoms with van der Waals surface area (Å²) in [6, 6.07) is 7.60. The van der Waals surface area contributed by atoms with Crippen LogP contribution < -0.4 is 15.4 Å². The molecule has 0 bridgehead atoms. The van der Waals surface area contributed by atoms with Crippen LogP contribution in [0.3, 0.4) is 0 Å². The second-order valence-corrected chi connectivity index (χ2v) is 5.08.